The van der Waals surface area contributed by atoms with Gasteiger partial charge in [0.25, 0.3) is 0 Å². The number of hydrogen-bond acceptors (Lipinski definition) is 5. The molecule has 0 bridgehead atoms. The Labute approximate surface area is 107 Å². The van der Waals surface area contributed by atoms with E-state index in [1.54, 1.807) is 38.3 Å². The Morgan fingerprint density at radius 2 is 2.00 bits per heavy atom. The van der Waals surface area contributed by atoms with Gasteiger partial charge in [-0.15, -0.1) is 0 Å². The number of nitrogens with one attached hydrogen (secondary N) is 3. The van der Waals surface area contributed by atoms with Crippen molar-refractivity contribution in [2.45, 2.75) is 11.8 Å². The molecule has 1 rings (SSSR count). The molecule has 0 saturated carbocycles. The molecule has 0 spiro atoms. The van der Waals surface area contributed by atoms with Gasteiger partial charge in [-0.1, -0.05) is 5.59 Å². The predicted molar refractivity (Wildman–Crippen MR) is 65.8 cm³/mol. The number of urea groups is 1. The van der Waals surface area contributed by atoms with E-state index in [-0.39, 0.29) is 0 Å². The summed E-state index contributed by atoms with van der Waals surface area (Å²) in [6, 6.07) is 6.05. The average molecular weight is 273 g/mol. The molecule has 0 heterocycles. The van der Waals surface area contributed by atoms with Crippen LogP contribution in [-0.4, -0.2) is 23.9 Å². The van der Waals surface area contributed by atoms with Crippen molar-refractivity contribution < 1.29 is 18.0 Å². The molecule has 18 heavy (non-hydrogen) atoms. The van der Waals surface area contributed by atoms with Crippen LogP contribution in [-0.2, 0) is 15.4 Å². The summed E-state index contributed by atoms with van der Waals surface area (Å²) in [6.07, 6.45) is 0. The van der Waals surface area contributed by atoms with Crippen LogP contribution in [0.25, 0.3) is 0 Å². The molecule has 7 nitrogen and oxygen atoms in total. The van der Waals surface area contributed by atoms with E-state index in [2.05, 4.69) is 16.3 Å². The fourth-order valence-corrected chi connectivity index (χ4v) is 1.62. The van der Waals surface area contributed by atoms with Crippen molar-refractivity contribution in [1.82, 2.24) is 16.3 Å². The molecular formula is C10H15N3O4S. The van der Waals surface area contributed by atoms with Gasteiger partial charge in [-0.25, -0.2) is 14.4 Å². The van der Waals surface area contributed by atoms with Crippen LogP contribution in [0.3, 0.4) is 0 Å². The molecule has 100 valence electrons. The summed E-state index contributed by atoms with van der Waals surface area (Å²) < 4.78 is 21.3. The number of methoxy groups -OCH3 is 1. The highest BCUT2D eigenvalue weighted by Crippen LogP contribution is 2.14. The summed E-state index contributed by atoms with van der Waals surface area (Å²) in [5, 5.41) is 2.47. The highest BCUT2D eigenvalue weighted by atomic mass is 32.2. The van der Waals surface area contributed by atoms with E-state index < -0.39 is 17.1 Å². The van der Waals surface area contributed by atoms with E-state index in [0.29, 0.717) is 17.2 Å². The summed E-state index contributed by atoms with van der Waals surface area (Å²) >= 11 is -1.72. The Morgan fingerprint density at radius 3 is 2.56 bits per heavy atom. The topological polar surface area (TPSA) is 88.7 Å². The Morgan fingerprint density at radius 1 is 1.33 bits per heavy atom. The van der Waals surface area contributed by atoms with Crippen molar-refractivity contribution >= 4 is 17.1 Å². The quantitative estimate of drug-likeness (QED) is 0.656. The van der Waals surface area contributed by atoms with Crippen LogP contribution in [0.1, 0.15) is 6.92 Å². The van der Waals surface area contributed by atoms with Gasteiger partial charge in [0.15, 0.2) is 0 Å². The molecule has 0 radical (unpaired) electrons. The molecule has 1 aromatic rings. The molecule has 1 aromatic carbocycles. The minimum Gasteiger partial charge on any atom is -0.497 e. The molecule has 2 amide bonds. The van der Waals surface area contributed by atoms with Gasteiger partial charge < -0.3 is 10.1 Å². The lowest BCUT2D eigenvalue weighted by molar-refractivity contribution is 0.168. The van der Waals surface area contributed by atoms with Gasteiger partial charge in [0.05, 0.1) is 12.0 Å². The summed E-state index contributed by atoms with van der Waals surface area (Å²) in [6.45, 7) is 2.25. The van der Waals surface area contributed by atoms with E-state index in [1.165, 1.54) is 0 Å². The molecule has 0 aliphatic rings. The van der Waals surface area contributed by atoms with Gasteiger partial charge in [-0.3, -0.25) is 0 Å². The van der Waals surface area contributed by atoms with Crippen molar-refractivity contribution in [2.75, 3.05) is 13.7 Å². The monoisotopic (exact) mass is 273 g/mol. The standard InChI is InChI=1S/C10H15N3O4S/c1-3-11-10(14)12-13-17-18(15)9-6-4-8(16-2)5-7-9/h4-7,13H,3H2,1-2H3,(H2,11,12,14). The third-order valence-electron chi connectivity index (χ3n) is 1.87. The van der Waals surface area contributed by atoms with Crippen molar-refractivity contribution in [1.29, 1.82) is 0 Å². The molecule has 1 atom stereocenters. The predicted octanol–water partition coefficient (Wildman–Crippen LogP) is 0.473. The summed E-state index contributed by atoms with van der Waals surface area (Å²) in [5.41, 5.74) is 4.27. The molecule has 1 unspecified atom stereocenters. The fraction of sp³-hybridized carbons (Fsp3) is 0.300. The Bertz CT molecular complexity index is 410. The van der Waals surface area contributed by atoms with Crippen molar-refractivity contribution in [2.24, 2.45) is 0 Å². The second-order valence-corrected chi connectivity index (χ2v) is 4.19. The first-order chi connectivity index (χ1) is 8.67. The van der Waals surface area contributed by atoms with Crippen LogP contribution in [0.2, 0.25) is 0 Å². The third kappa shape index (κ3) is 4.70. The van der Waals surface area contributed by atoms with Gasteiger partial charge >= 0.3 is 6.03 Å². The van der Waals surface area contributed by atoms with Gasteiger partial charge in [0.2, 0.25) is 11.1 Å². The van der Waals surface area contributed by atoms with Crippen LogP contribution in [0, 0.1) is 0 Å². The molecule has 0 saturated heterocycles. The number of benzene rings is 1. The Balaban J connectivity index is 2.38. The van der Waals surface area contributed by atoms with Crippen molar-refractivity contribution in [3.05, 3.63) is 24.3 Å². The van der Waals surface area contributed by atoms with E-state index in [9.17, 15) is 9.00 Å². The molecule has 0 aliphatic heterocycles. The Hall–Kier alpha value is -1.64. The van der Waals surface area contributed by atoms with Crippen LogP contribution in [0.15, 0.2) is 29.2 Å². The number of hydrogen-bond donors (Lipinski definition) is 3. The van der Waals surface area contributed by atoms with E-state index in [1.807, 2.05) is 0 Å². The maximum absolute atomic E-state index is 11.6. The number of ether oxygens (including phenoxy) is 1. The minimum atomic E-state index is -1.72. The van der Waals surface area contributed by atoms with Crippen LogP contribution in [0.5, 0.6) is 5.75 Å². The molecule has 0 aromatic heterocycles. The van der Waals surface area contributed by atoms with Gasteiger partial charge in [0, 0.05) is 6.54 Å². The average Bonchev–Trinajstić information content (AvgIpc) is 2.39. The normalized spacial score (nSPS) is 11.7. The zero-order valence-corrected chi connectivity index (χ0v) is 10.9. The number of amides is 2. The first-order valence-electron chi connectivity index (χ1n) is 5.19. The summed E-state index contributed by atoms with van der Waals surface area (Å²) in [7, 11) is 1.54. The zero-order valence-electron chi connectivity index (χ0n) is 10.1. The molecule has 0 fully saturated rings. The van der Waals surface area contributed by atoms with Crippen molar-refractivity contribution in [3.63, 3.8) is 0 Å². The van der Waals surface area contributed by atoms with E-state index >= 15 is 0 Å². The molecule has 0 aliphatic carbocycles. The number of hydrazine groups is 1. The highest BCUT2D eigenvalue weighted by molar-refractivity contribution is 7.80. The molecule has 8 heteroatoms. The second kappa shape index (κ2) is 7.64. The lowest BCUT2D eigenvalue weighted by Gasteiger charge is -2.07. The first-order valence-corrected chi connectivity index (χ1v) is 6.27. The largest absolute Gasteiger partial charge is 0.497 e. The number of carbonyl (C=O) groups excluding carboxylic acids is 1. The van der Waals surface area contributed by atoms with Gasteiger partial charge in [-0.05, 0) is 31.2 Å². The van der Waals surface area contributed by atoms with Crippen molar-refractivity contribution in [3.8, 4) is 5.75 Å². The first kappa shape index (κ1) is 14.4. The number of rotatable bonds is 6. The van der Waals surface area contributed by atoms with Crippen LogP contribution >= 0.6 is 0 Å². The third-order valence-corrected chi connectivity index (χ3v) is 2.76. The molecular weight excluding hydrogens is 258 g/mol. The maximum atomic E-state index is 11.6. The fourth-order valence-electron chi connectivity index (χ4n) is 1.04. The zero-order chi connectivity index (χ0) is 13.4. The highest BCUT2D eigenvalue weighted by Gasteiger charge is 2.05. The number of carbonyl (C=O) groups is 1. The van der Waals surface area contributed by atoms with E-state index in [4.69, 9.17) is 9.02 Å². The second-order valence-electron chi connectivity index (χ2n) is 3.08. The summed E-state index contributed by atoms with van der Waals surface area (Å²) in [5.74, 6) is 0.657. The van der Waals surface area contributed by atoms with Crippen LogP contribution in [0.4, 0.5) is 4.79 Å². The van der Waals surface area contributed by atoms with E-state index in [0.717, 1.165) is 0 Å². The van der Waals surface area contributed by atoms with Gasteiger partial charge in [0.1, 0.15) is 5.75 Å². The lowest BCUT2D eigenvalue weighted by atomic mass is 10.3. The maximum Gasteiger partial charge on any atom is 0.330 e. The Kier molecular flexibility index (Phi) is 6.12. The minimum absolute atomic E-state index is 0.445. The SMILES string of the molecule is CCNC(=O)NNOS(=O)c1ccc(OC)cc1. The smallest absolute Gasteiger partial charge is 0.330 e. The summed E-state index contributed by atoms with van der Waals surface area (Å²) in [4.78, 5) is 11.4. The van der Waals surface area contributed by atoms with Crippen LogP contribution < -0.4 is 21.1 Å². The lowest BCUT2D eigenvalue weighted by Crippen LogP contribution is -2.44. The van der Waals surface area contributed by atoms with Gasteiger partial charge in [-0.2, -0.15) is 4.28 Å². The molecule has 3 N–H and O–H groups in total.